The van der Waals surface area contributed by atoms with E-state index in [1.165, 1.54) is 6.07 Å². The number of hydrogen-bond acceptors (Lipinski definition) is 1. The van der Waals surface area contributed by atoms with Crippen molar-refractivity contribution < 1.29 is 9.50 Å². The van der Waals surface area contributed by atoms with Gasteiger partial charge in [-0.1, -0.05) is 40.9 Å². The Hall–Kier alpha value is -0.800. The second kappa shape index (κ2) is 6.10. The first-order valence-electron chi connectivity index (χ1n) is 5.53. The van der Waals surface area contributed by atoms with Crippen LogP contribution >= 0.6 is 34.8 Å². The Morgan fingerprint density at radius 2 is 1.58 bits per heavy atom. The standard InChI is InChI=1S/C14H10Cl3FO/c15-10-2-1-8(13(18)7-10)5-14(19)9-3-11(16)6-12(17)4-9/h1-4,6-7,14,19H,5H2. The summed E-state index contributed by atoms with van der Waals surface area (Å²) in [5.41, 5.74) is 0.930. The van der Waals surface area contributed by atoms with E-state index < -0.39 is 11.9 Å². The third-order valence-electron chi connectivity index (χ3n) is 2.70. The average molecular weight is 320 g/mol. The van der Waals surface area contributed by atoms with Crippen molar-refractivity contribution in [2.24, 2.45) is 0 Å². The maximum atomic E-state index is 13.6. The quantitative estimate of drug-likeness (QED) is 0.838. The summed E-state index contributed by atoms with van der Waals surface area (Å²) in [5, 5.41) is 11.3. The normalized spacial score (nSPS) is 12.5. The molecular weight excluding hydrogens is 310 g/mol. The second-order valence-electron chi connectivity index (χ2n) is 4.16. The first-order valence-corrected chi connectivity index (χ1v) is 6.67. The van der Waals surface area contributed by atoms with Gasteiger partial charge in [-0.25, -0.2) is 4.39 Å². The molecule has 2 aromatic carbocycles. The van der Waals surface area contributed by atoms with Crippen LogP contribution in [0.4, 0.5) is 4.39 Å². The van der Waals surface area contributed by atoms with E-state index in [1.54, 1.807) is 30.3 Å². The third-order valence-corrected chi connectivity index (χ3v) is 3.37. The minimum absolute atomic E-state index is 0.125. The number of benzene rings is 2. The average Bonchev–Trinajstić information content (AvgIpc) is 2.31. The Labute approximate surface area is 125 Å². The topological polar surface area (TPSA) is 20.2 Å². The third kappa shape index (κ3) is 3.83. The Morgan fingerprint density at radius 1 is 0.947 bits per heavy atom. The lowest BCUT2D eigenvalue weighted by Gasteiger charge is -2.12. The fraction of sp³-hybridized carbons (Fsp3) is 0.143. The van der Waals surface area contributed by atoms with Gasteiger partial charge in [0.1, 0.15) is 5.82 Å². The van der Waals surface area contributed by atoms with Crippen LogP contribution < -0.4 is 0 Å². The molecule has 19 heavy (non-hydrogen) atoms. The Balaban J connectivity index is 2.22. The minimum atomic E-state index is -0.883. The number of aliphatic hydroxyl groups excluding tert-OH is 1. The van der Waals surface area contributed by atoms with Crippen LogP contribution in [0.25, 0.3) is 0 Å². The monoisotopic (exact) mass is 318 g/mol. The fourth-order valence-corrected chi connectivity index (χ4v) is 2.48. The molecule has 0 radical (unpaired) electrons. The zero-order chi connectivity index (χ0) is 14.0. The van der Waals surface area contributed by atoms with E-state index in [9.17, 15) is 9.50 Å². The van der Waals surface area contributed by atoms with Crippen LogP contribution in [0.2, 0.25) is 15.1 Å². The minimum Gasteiger partial charge on any atom is -0.388 e. The zero-order valence-corrected chi connectivity index (χ0v) is 12.0. The summed E-state index contributed by atoms with van der Waals surface area (Å²) in [7, 11) is 0. The molecule has 2 rings (SSSR count). The van der Waals surface area contributed by atoms with Crippen molar-refractivity contribution in [3.8, 4) is 0 Å². The van der Waals surface area contributed by atoms with E-state index in [0.717, 1.165) is 0 Å². The molecule has 0 spiro atoms. The summed E-state index contributed by atoms with van der Waals surface area (Å²) in [6, 6.07) is 9.12. The molecule has 0 saturated heterocycles. The molecule has 0 fully saturated rings. The fourth-order valence-electron chi connectivity index (χ4n) is 1.78. The van der Waals surface area contributed by atoms with E-state index >= 15 is 0 Å². The second-order valence-corrected chi connectivity index (χ2v) is 5.47. The number of aliphatic hydroxyl groups is 1. The molecule has 0 amide bonds. The lowest BCUT2D eigenvalue weighted by Crippen LogP contribution is -2.03. The number of halogens is 4. The van der Waals surface area contributed by atoms with Gasteiger partial charge in [0.15, 0.2) is 0 Å². The van der Waals surface area contributed by atoms with Gasteiger partial charge in [0.2, 0.25) is 0 Å². The summed E-state index contributed by atoms with van der Waals surface area (Å²) in [5.74, 6) is -0.445. The number of rotatable bonds is 3. The van der Waals surface area contributed by atoms with Crippen molar-refractivity contribution in [2.75, 3.05) is 0 Å². The van der Waals surface area contributed by atoms with Crippen molar-refractivity contribution in [3.05, 3.63) is 68.4 Å². The van der Waals surface area contributed by atoms with Crippen molar-refractivity contribution in [1.29, 1.82) is 0 Å². The summed E-state index contributed by atoms with van der Waals surface area (Å²) in [6.45, 7) is 0. The van der Waals surface area contributed by atoms with Crippen LogP contribution in [-0.2, 0) is 6.42 Å². The largest absolute Gasteiger partial charge is 0.388 e. The molecular formula is C14H10Cl3FO. The van der Waals surface area contributed by atoms with E-state index in [4.69, 9.17) is 34.8 Å². The van der Waals surface area contributed by atoms with Gasteiger partial charge in [-0.15, -0.1) is 0 Å². The van der Waals surface area contributed by atoms with E-state index in [0.29, 0.717) is 26.2 Å². The molecule has 1 atom stereocenters. The molecule has 1 nitrogen and oxygen atoms in total. The van der Waals surface area contributed by atoms with Crippen molar-refractivity contribution >= 4 is 34.8 Å². The van der Waals surface area contributed by atoms with Crippen LogP contribution in [-0.4, -0.2) is 5.11 Å². The molecule has 0 bridgehead atoms. The highest BCUT2D eigenvalue weighted by molar-refractivity contribution is 6.34. The predicted molar refractivity (Wildman–Crippen MR) is 76.5 cm³/mol. The van der Waals surface area contributed by atoms with Gasteiger partial charge < -0.3 is 5.11 Å². The Bertz CT molecular complexity index is 581. The predicted octanol–water partition coefficient (Wildman–Crippen LogP) is 5.06. The molecule has 100 valence electrons. The summed E-state index contributed by atoms with van der Waals surface area (Å²) >= 11 is 17.4. The van der Waals surface area contributed by atoms with Gasteiger partial charge in [0.25, 0.3) is 0 Å². The van der Waals surface area contributed by atoms with Crippen molar-refractivity contribution in [2.45, 2.75) is 12.5 Å². The van der Waals surface area contributed by atoms with Gasteiger partial charge in [-0.3, -0.25) is 0 Å². The van der Waals surface area contributed by atoms with Crippen LogP contribution in [0.15, 0.2) is 36.4 Å². The molecule has 0 aromatic heterocycles. The van der Waals surface area contributed by atoms with Gasteiger partial charge >= 0.3 is 0 Å². The SMILES string of the molecule is OC(Cc1ccc(Cl)cc1F)c1cc(Cl)cc(Cl)c1. The van der Waals surface area contributed by atoms with Gasteiger partial charge in [-0.05, 0) is 41.5 Å². The molecule has 1 unspecified atom stereocenters. The van der Waals surface area contributed by atoms with Crippen LogP contribution in [0.5, 0.6) is 0 Å². The summed E-state index contributed by atoms with van der Waals surface area (Å²) in [6.07, 6.45) is -0.758. The van der Waals surface area contributed by atoms with Gasteiger partial charge in [-0.2, -0.15) is 0 Å². The van der Waals surface area contributed by atoms with E-state index in [1.807, 2.05) is 0 Å². The zero-order valence-electron chi connectivity index (χ0n) is 9.71. The van der Waals surface area contributed by atoms with Crippen molar-refractivity contribution in [3.63, 3.8) is 0 Å². The molecule has 0 heterocycles. The molecule has 0 aliphatic heterocycles. The molecule has 5 heteroatoms. The summed E-state index contributed by atoms with van der Waals surface area (Å²) in [4.78, 5) is 0. The number of hydrogen-bond donors (Lipinski definition) is 1. The highest BCUT2D eigenvalue weighted by Gasteiger charge is 2.13. The van der Waals surface area contributed by atoms with E-state index in [-0.39, 0.29) is 6.42 Å². The first kappa shape index (κ1) is 14.6. The highest BCUT2D eigenvalue weighted by atomic mass is 35.5. The Morgan fingerprint density at radius 3 is 2.16 bits per heavy atom. The van der Waals surface area contributed by atoms with Crippen LogP contribution in [0.1, 0.15) is 17.2 Å². The maximum absolute atomic E-state index is 13.6. The van der Waals surface area contributed by atoms with Gasteiger partial charge in [0.05, 0.1) is 6.10 Å². The molecule has 0 aliphatic carbocycles. The summed E-state index contributed by atoms with van der Waals surface area (Å²) < 4.78 is 13.6. The van der Waals surface area contributed by atoms with Crippen LogP contribution in [0.3, 0.4) is 0 Å². The lowest BCUT2D eigenvalue weighted by molar-refractivity contribution is 0.177. The molecule has 0 saturated carbocycles. The van der Waals surface area contributed by atoms with Crippen LogP contribution in [0, 0.1) is 5.82 Å². The smallest absolute Gasteiger partial charge is 0.127 e. The molecule has 0 aliphatic rings. The lowest BCUT2D eigenvalue weighted by atomic mass is 10.0. The van der Waals surface area contributed by atoms with Crippen molar-refractivity contribution in [1.82, 2.24) is 0 Å². The Kier molecular flexibility index (Phi) is 4.69. The molecule has 2 aromatic rings. The van der Waals surface area contributed by atoms with Gasteiger partial charge in [0, 0.05) is 21.5 Å². The maximum Gasteiger partial charge on any atom is 0.127 e. The molecule has 1 N–H and O–H groups in total. The highest BCUT2D eigenvalue weighted by Crippen LogP contribution is 2.27. The first-order chi connectivity index (χ1) is 8.95. The van der Waals surface area contributed by atoms with E-state index in [2.05, 4.69) is 0 Å².